The standard InChI is InChI=1S/C26H30O9/c1-15-22(29)23(34-16(2)27)24(26(31)33-15)35-25(30)19(11-9-17-7-5-4-6-8-17)13-18-10-12-20(28)21(14-18)32-3/h4-8,10,12-15,22-24,26,28-29,31H,9,11H2,1-3H3/b19-13+/t15-,22-,23+,24+,26+/m0/s1. The van der Waals surface area contributed by atoms with E-state index in [1.54, 1.807) is 18.2 Å². The average molecular weight is 487 g/mol. The fraction of sp³-hybridized carbons (Fsp3) is 0.385. The number of esters is 2. The first-order valence-corrected chi connectivity index (χ1v) is 11.2. The zero-order valence-corrected chi connectivity index (χ0v) is 19.8. The van der Waals surface area contributed by atoms with Crippen molar-refractivity contribution in [2.45, 2.75) is 57.4 Å². The van der Waals surface area contributed by atoms with Gasteiger partial charge in [0.25, 0.3) is 0 Å². The van der Waals surface area contributed by atoms with Crippen LogP contribution in [-0.4, -0.2) is 65.1 Å². The molecular weight excluding hydrogens is 456 g/mol. The molecule has 1 fully saturated rings. The summed E-state index contributed by atoms with van der Waals surface area (Å²) >= 11 is 0. The Morgan fingerprint density at radius 2 is 1.77 bits per heavy atom. The zero-order chi connectivity index (χ0) is 25.5. The third-order valence-corrected chi connectivity index (χ3v) is 5.65. The number of rotatable bonds is 8. The fourth-order valence-corrected chi connectivity index (χ4v) is 3.80. The van der Waals surface area contributed by atoms with E-state index in [1.165, 1.54) is 20.1 Å². The van der Waals surface area contributed by atoms with Crippen molar-refractivity contribution in [1.29, 1.82) is 0 Å². The molecule has 1 aliphatic heterocycles. The van der Waals surface area contributed by atoms with Crippen molar-refractivity contribution >= 4 is 18.0 Å². The van der Waals surface area contributed by atoms with E-state index in [0.29, 0.717) is 12.0 Å². The van der Waals surface area contributed by atoms with Crippen LogP contribution in [0.5, 0.6) is 11.5 Å². The highest BCUT2D eigenvalue weighted by molar-refractivity contribution is 5.94. The van der Waals surface area contributed by atoms with Crippen molar-refractivity contribution in [1.82, 2.24) is 0 Å². The summed E-state index contributed by atoms with van der Waals surface area (Å²) in [6.45, 7) is 2.66. The number of aliphatic hydroxyl groups is 2. The minimum absolute atomic E-state index is 0.0483. The normalized spacial score (nSPS) is 24.5. The van der Waals surface area contributed by atoms with E-state index in [9.17, 15) is 24.9 Å². The number of benzene rings is 2. The number of aromatic hydroxyl groups is 1. The molecule has 3 rings (SSSR count). The van der Waals surface area contributed by atoms with Crippen LogP contribution in [-0.2, 0) is 30.2 Å². The summed E-state index contributed by atoms with van der Waals surface area (Å²) in [7, 11) is 1.42. The third kappa shape index (κ3) is 6.82. The molecule has 1 saturated heterocycles. The van der Waals surface area contributed by atoms with Crippen LogP contribution in [0.25, 0.3) is 6.08 Å². The van der Waals surface area contributed by atoms with Gasteiger partial charge in [-0.25, -0.2) is 4.79 Å². The third-order valence-electron chi connectivity index (χ3n) is 5.65. The van der Waals surface area contributed by atoms with E-state index in [2.05, 4.69) is 0 Å². The highest BCUT2D eigenvalue weighted by atomic mass is 16.7. The summed E-state index contributed by atoms with van der Waals surface area (Å²) in [6.07, 6.45) is -4.11. The smallest absolute Gasteiger partial charge is 0.334 e. The van der Waals surface area contributed by atoms with Gasteiger partial charge < -0.3 is 34.3 Å². The predicted molar refractivity (Wildman–Crippen MR) is 125 cm³/mol. The summed E-state index contributed by atoms with van der Waals surface area (Å²) in [5.74, 6) is -1.29. The van der Waals surface area contributed by atoms with Crippen molar-refractivity contribution in [3.63, 3.8) is 0 Å². The van der Waals surface area contributed by atoms with E-state index >= 15 is 0 Å². The van der Waals surface area contributed by atoms with Gasteiger partial charge in [-0.2, -0.15) is 0 Å². The summed E-state index contributed by atoms with van der Waals surface area (Å²) in [6, 6.07) is 14.2. The van der Waals surface area contributed by atoms with Crippen molar-refractivity contribution in [3.8, 4) is 11.5 Å². The molecule has 9 heteroatoms. The first-order chi connectivity index (χ1) is 16.7. The molecule has 0 aromatic heterocycles. The summed E-state index contributed by atoms with van der Waals surface area (Å²) in [4.78, 5) is 24.8. The second-order valence-electron chi connectivity index (χ2n) is 8.25. The Morgan fingerprint density at radius 3 is 2.43 bits per heavy atom. The molecule has 5 atom stereocenters. The number of carbonyl (C=O) groups is 2. The molecule has 2 aromatic carbocycles. The molecule has 0 unspecified atom stereocenters. The molecule has 2 aromatic rings. The molecule has 1 aliphatic rings. The molecule has 0 radical (unpaired) electrons. The maximum atomic E-state index is 13.3. The number of carbonyl (C=O) groups excluding carboxylic acids is 2. The van der Waals surface area contributed by atoms with Crippen LogP contribution in [0.2, 0.25) is 0 Å². The Bertz CT molecular complexity index is 1050. The number of phenolic OH excluding ortho intramolecular Hbond substituents is 1. The molecule has 0 bridgehead atoms. The van der Waals surface area contributed by atoms with Gasteiger partial charge in [0.1, 0.15) is 6.10 Å². The van der Waals surface area contributed by atoms with Crippen molar-refractivity contribution in [2.75, 3.05) is 7.11 Å². The molecule has 1 heterocycles. The van der Waals surface area contributed by atoms with Gasteiger partial charge in [-0.3, -0.25) is 4.79 Å². The molecule has 3 N–H and O–H groups in total. The first kappa shape index (κ1) is 26.2. The molecular formula is C26H30O9. The Balaban J connectivity index is 1.89. The van der Waals surface area contributed by atoms with Crippen LogP contribution in [0.4, 0.5) is 0 Å². The van der Waals surface area contributed by atoms with E-state index in [1.807, 2.05) is 30.3 Å². The van der Waals surface area contributed by atoms with Gasteiger partial charge in [-0.1, -0.05) is 36.4 Å². The van der Waals surface area contributed by atoms with E-state index in [0.717, 1.165) is 12.5 Å². The Morgan fingerprint density at radius 1 is 1.06 bits per heavy atom. The van der Waals surface area contributed by atoms with Crippen molar-refractivity contribution < 1.29 is 43.9 Å². The van der Waals surface area contributed by atoms with Crippen molar-refractivity contribution in [2.24, 2.45) is 0 Å². The molecule has 0 aliphatic carbocycles. The zero-order valence-electron chi connectivity index (χ0n) is 19.8. The van der Waals surface area contributed by atoms with Gasteiger partial charge in [0.2, 0.25) is 0 Å². The predicted octanol–water partition coefficient (Wildman–Crippen LogP) is 2.36. The van der Waals surface area contributed by atoms with Crippen molar-refractivity contribution in [3.05, 3.63) is 65.2 Å². The number of hydrogen-bond donors (Lipinski definition) is 3. The van der Waals surface area contributed by atoms with Gasteiger partial charge >= 0.3 is 11.9 Å². The summed E-state index contributed by atoms with van der Waals surface area (Å²) < 4.78 is 21.1. The van der Waals surface area contributed by atoms with Gasteiger partial charge in [0.05, 0.1) is 13.2 Å². The largest absolute Gasteiger partial charge is 0.504 e. The van der Waals surface area contributed by atoms with E-state index in [-0.39, 0.29) is 23.5 Å². The number of hydrogen-bond acceptors (Lipinski definition) is 9. The molecule has 35 heavy (non-hydrogen) atoms. The summed E-state index contributed by atoms with van der Waals surface area (Å²) in [5.41, 5.74) is 1.83. The van der Waals surface area contributed by atoms with Gasteiger partial charge in [-0.05, 0) is 49.1 Å². The topological polar surface area (TPSA) is 132 Å². The lowest BCUT2D eigenvalue weighted by Gasteiger charge is -2.40. The average Bonchev–Trinajstić information content (AvgIpc) is 2.83. The van der Waals surface area contributed by atoms with Crippen LogP contribution in [0.1, 0.15) is 31.4 Å². The second kappa shape index (κ2) is 11.8. The van der Waals surface area contributed by atoms with Crippen LogP contribution in [0.3, 0.4) is 0 Å². The van der Waals surface area contributed by atoms with Gasteiger partial charge in [0, 0.05) is 12.5 Å². The summed E-state index contributed by atoms with van der Waals surface area (Å²) in [5, 5.41) is 30.7. The number of phenols is 1. The Kier molecular flexibility index (Phi) is 8.86. The molecule has 0 spiro atoms. The first-order valence-electron chi connectivity index (χ1n) is 11.2. The monoisotopic (exact) mass is 486 g/mol. The van der Waals surface area contributed by atoms with Crippen LogP contribution in [0, 0.1) is 0 Å². The molecule has 188 valence electrons. The number of ether oxygens (including phenoxy) is 4. The molecule has 0 saturated carbocycles. The Hall–Kier alpha value is -3.40. The lowest BCUT2D eigenvalue weighted by Crippen LogP contribution is -2.59. The molecule has 9 nitrogen and oxygen atoms in total. The van der Waals surface area contributed by atoms with Gasteiger partial charge in [-0.15, -0.1) is 0 Å². The number of aliphatic hydroxyl groups excluding tert-OH is 2. The quantitative estimate of drug-likeness (QED) is 0.380. The lowest BCUT2D eigenvalue weighted by molar-refractivity contribution is -0.284. The number of aryl methyl sites for hydroxylation is 1. The number of methoxy groups -OCH3 is 1. The molecule has 0 amide bonds. The minimum atomic E-state index is -1.61. The lowest BCUT2D eigenvalue weighted by atomic mass is 9.98. The second-order valence-corrected chi connectivity index (χ2v) is 8.25. The maximum Gasteiger partial charge on any atom is 0.334 e. The van der Waals surface area contributed by atoms with E-state index < -0.39 is 42.6 Å². The minimum Gasteiger partial charge on any atom is -0.504 e. The van der Waals surface area contributed by atoms with Crippen LogP contribution < -0.4 is 4.74 Å². The highest BCUT2D eigenvalue weighted by Gasteiger charge is 2.47. The maximum absolute atomic E-state index is 13.3. The van der Waals surface area contributed by atoms with Crippen LogP contribution in [0.15, 0.2) is 54.1 Å². The van der Waals surface area contributed by atoms with E-state index in [4.69, 9.17) is 18.9 Å². The SMILES string of the molecule is COc1cc(/C=C(\CCc2ccccc2)C(=O)O[C@@H]2[C@H](OC(C)=O)[C@@H](O)[C@H](C)O[C@H]2O)ccc1O. The Labute approximate surface area is 203 Å². The van der Waals surface area contributed by atoms with Gasteiger partial charge in [0.15, 0.2) is 30.0 Å². The fourth-order valence-electron chi connectivity index (χ4n) is 3.80. The van der Waals surface area contributed by atoms with Crippen LogP contribution >= 0.6 is 0 Å². The highest BCUT2D eigenvalue weighted by Crippen LogP contribution is 2.29.